The lowest BCUT2D eigenvalue weighted by atomic mass is 10.0. The zero-order valence-corrected chi connectivity index (χ0v) is 17.9. The van der Waals surface area contributed by atoms with Crippen LogP contribution in [0.3, 0.4) is 0 Å². The Morgan fingerprint density at radius 2 is 1.97 bits per heavy atom. The van der Waals surface area contributed by atoms with Gasteiger partial charge in [-0.05, 0) is 59.8 Å². The number of hydrogen-bond donors (Lipinski definition) is 2. The summed E-state index contributed by atoms with van der Waals surface area (Å²) >= 11 is 1.61. The topological polar surface area (TPSA) is 76.0 Å². The minimum absolute atomic E-state index is 0.0230. The van der Waals surface area contributed by atoms with Crippen LogP contribution in [0.1, 0.15) is 17.5 Å². The van der Waals surface area contributed by atoms with Crippen LogP contribution in [0.25, 0.3) is 22.3 Å². The SMILES string of the molecule is O=C(/C=C/c1cn(-c2ccccc2)nc1-c1cccs1)Nc1ccc2c(c1)CCC(=O)N2. The van der Waals surface area contributed by atoms with E-state index in [1.807, 2.05) is 70.9 Å². The monoisotopic (exact) mass is 440 g/mol. The maximum absolute atomic E-state index is 12.6. The predicted molar refractivity (Wildman–Crippen MR) is 128 cm³/mol. The first kappa shape index (κ1) is 20.0. The molecule has 2 aromatic heterocycles. The number of aromatic nitrogens is 2. The molecule has 7 heteroatoms. The van der Waals surface area contributed by atoms with Gasteiger partial charge in [-0.15, -0.1) is 11.3 Å². The predicted octanol–water partition coefficient (Wildman–Crippen LogP) is 5.14. The van der Waals surface area contributed by atoms with Crippen LogP contribution in [0.5, 0.6) is 0 Å². The first-order chi connectivity index (χ1) is 15.7. The van der Waals surface area contributed by atoms with Crippen LogP contribution in [0, 0.1) is 0 Å². The van der Waals surface area contributed by atoms with Gasteiger partial charge in [0.15, 0.2) is 0 Å². The number of carbonyl (C=O) groups is 2. The molecule has 4 aromatic rings. The van der Waals surface area contributed by atoms with Gasteiger partial charge in [-0.2, -0.15) is 5.10 Å². The summed E-state index contributed by atoms with van der Waals surface area (Å²) in [6.45, 7) is 0. The Balaban J connectivity index is 1.37. The Morgan fingerprint density at radius 3 is 2.78 bits per heavy atom. The average Bonchev–Trinajstić information content (AvgIpc) is 3.48. The highest BCUT2D eigenvalue weighted by Gasteiger charge is 2.15. The highest BCUT2D eigenvalue weighted by molar-refractivity contribution is 7.13. The number of aryl methyl sites for hydroxylation is 1. The molecule has 1 aliphatic heterocycles. The van der Waals surface area contributed by atoms with E-state index in [-0.39, 0.29) is 11.8 Å². The Bertz CT molecular complexity index is 1310. The summed E-state index contributed by atoms with van der Waals surface area (Å²) in [5.74, 6) is -0.204. The van der Waals surface area contributed by atoms with Crippen molar-refractivity contribution in [1.29, 1.82) is 0 Å². The Hall–Kier alpha value is -3.97. The van der Waals surface area contributed by atoms with Crippen molar-refractivity contribution in [1.82, 2.24) is 9.78 Å². The molecule has 0 fully saturated rings. The normalized spacial score (nSPS) is 13.1. The van der Waals surface area contributed by atoms with Gasteiger partial charge in [-0.1, -0.05) is 24.3 Å². The van der Waals surface area contributed by atoms with Gasteiger partial charge < -0.3 is 10.6 Å². The van der Waals surface area contributed by atoms with E-state index in [0.29, 0.717) is 18.5 Å². The van der Waals surface area contributed by atoms with E-state index < -0.39 is 0 Å². The van der Waals surface area contributed by atoms with Crippen LogP contribution in [-0.2, 0) is 16.0 Å². The van der Waals surface area contributed by atoms with Crippen molar-refractivity contribution >= 4 is 40.6 Å². The fraction of sp³-hybridized carbons (Fsp3) is 0.0800. The molecule has 0 saturated heterocycles. The number of fused-ring (bicyclic) bond motifs is 1. The van der Waals surface area contributed by atoms with Crippen molar-refractivity contribution in [2.45, 2.75) is 12.8 Å². The number of benzene rings is 2. The van der Waals surface area contributed by atoms with Crippen molar-refractivity contribution < 1.29 is 9.59 Å². The number of amides is 2. The van der Waals surface area contributed by atoms with E-state index in [0.717, 1.165) is 33.1 Å². The summed E-state index contributed by atoms with van der Waals surface area (Å²) < 4.78 is 1.82. The molecule has 0 atom stereocenters. The summed E-state index contributed by atoms with van der Waals surface area (Å²) in [7, 11) is 0. The quantitative estimate of drug-likeness (QED) is 0.422. The molecule has 0 spiro atoms. The molecule has 3 heterocycles. The van der Waals surface area contributed by atoms with Crippen molar-refractivity contribution in [2.75, 3.05) is 10.6 Å². The van der Waals surface area contributed by atoms with Crippen LogP contribution < -0.4 is 10.6 Å². The number of anilines is 2. The maximum Gasteiger partial charge on any atom is 0.248 e. The molecule has 2 aromatic carbocycles. The van der Waals surface area contributed by atoms with E-state index >= 15 is 0 Å². The van der Waals surface area contributed by atoms with Crippen molar-refractivity contribution in [3.8, 4) is 16.3 Å². The van der Waals surface area contributed by atoms with E-state index in [9.17, 15) is 9.59 Å². The van der Waals surface area contributed by atoms with Gasteiger partial charge in [0.2, 0.25) is 11.8 Å². The number of carbonyl (C=O) groups excluding carboxylic acids is 2. The summed E-state index contributed by atoms with van der Waals surface area (Å²) in [4.78, 5) is 25.1. The molecule has 0 bridgehead atoms. The fourth-order valence-electron chi connectivity index (χ4n) is 3.64. The molecular weight excluding hydrogens is 420 g/mol. The van der Waals surface area contributed by atoms with Crippen LogP contribution in [0.15, 0.2) is 78.3 Å². The Morgan fingerprint density at radius 1 is 1.09 bits per heavy atom. The molecule has 2 N–H and O–H groups in total. The van der Waals surface area contributed by atoms with Gasteiger partial charge in [0.1, 0.15) is 5.69 Å². The van der Waals surface area contributed by atoms with E-state index in [1.54, 1.807) is 23.5 Å². The molecule has 6 nitrogen and oxygen atoms in total. The van der Waals surface area contributed by atoms with E-state index in [1.165, 1.54) is 6.08 Å². The molecule has 0 saturated carbocycles. The van der Waals surface area contributed by atoms with Crippen LogP contribution >= 0.6 is 11.3 Å². The lowest BCUT2D eigenvalue weighted by molar-refractivity contribution is -0.116. The van der Waals surface area contributed by atoms with Gasteiger partial charge >= 0.3 is 0 Å². The molecular formula is C25H20N4O2S. The lowest BCUT2D eigenvalue weighted by Crippen LogP contribution is -2.19. The average molecular weight is 441 g/mol. The molecule has 158 valence electrons. The number of hydrogen-bond acceptors (Lipinski definition) is 4. The van der Waals surface area contributed by atoms with Crippen LogP contribution in [0.2, 0.25) is 0 Å². The summed E-state index contributed by atoms with van der Waals surface area (Å²) in [5.41, 5.74) is 5.18. The highest BCUT2D eigenvalue weighted by Crippen LogP contribution is 2.29. The van der Waals surface area contributed by atoms with E-state index in [4.69, 9.17) is 5.10 Å². The minimum atomic E-state index is -0.227. The molecule has 0 unspecified atom stereocenters. The van der Waals surface area contributed by atoms with Crippen LogP contribution in [-0.4, -0.2) is 21.6 Å². The van der Waals surface area contributed by atoms with Gasteiger partial charge in [-0.25, -0.2) is 4.68 Å². The number of nitrogens with zero attached hydrogens (tertiary/aromatic N) is 2. The largest absolute Gasteiger partial charge is 0.326 e. The molecule has 5 rings (SSSR count). The zero-order chi connectivity index (χ0) is 21.9. The molecule has 0 radical (unpaired) electrons. The number of nitrogens with one attached hydrogen (secondary N) is 2. The van der Waals surface area contributed by atoms with Gasteiger partial charge in [-0.3, -0.25) is 9.59 Å². The fourth-order valence-corrected chi connectivity index (χ4v) is 4.37. The molecule has 0 aliphatic carbocycles. The summed E-state index contributed by atoms with van der Waals surface area (Å²) in [6, 6.07) is 19.4. The van der Waals surface area contributed by atoms with Crippen molar-refractivity contribution in [3.63, 3.8) is 0 Å². The second kappa shape index (κ2) is 8.64. The lowest BCUT2D eigenvalue weighted by Gasteiger charge is -2.17. The highest BCUT2D eigenvalue weighted by atomic mass is 32.1. The first-order valence-electron chi connectivity index (χ1n) is 10.3. The van der Waals surface area contributed by atoms with Gasteiger partial charge in [0, 0.05) is 35.6 Å². The zero-order valence-electron chi connectivity index (χ0n) is 17.1. The third kappa shape index (κ3) is 4.24. The smallest absolute Gasteiger partial charge is 0.248 e. The number of rotatable bonds is 5. The number of para-hydroxylation sites is 1. The Labute approximate surface area is 189 Å². The second-order valence-corrected chi connectivity index (χ2v) is 8.38. The van der Waals surface area contributed by atoms with Crippen LogP contribution in [0.4, 0.5) is 11.4 Å². The molecule has 1 aliphatic rings. The first-order valence-corrected chi connectivity index (χ1v) is 11.1. The van der Waals surface area contributed by atoms with Gasteiger partial charge in [0.25, 0.3) is 0 Å². The third-order valence-corrected chi connectivity index (χ3v) is 6.08. The maximum atomic E-state index is 12.6. The summed E-state index contributed by atoms with van der Waals surface area (Å²) in [6.07, 6.45) is 6.36. The third-order valence-electron chi connectivity index (χ3n) is 5.20. The molecule has 32 heavy (non-hydrogen) atoms. The second-order valence-electron chi connectivity index (χ2n) is 7.43. The number of thiophene rings is 1. The van der Waals surface area contributed by atoms with Crippen molar-refractivity contribution in [3.05, 3.63) is 89.4 Å². The summed E-state index contributed by atoms with van der Waals surface area (Å²) in [5, 5.41) is 12.5. The van der Waals surface area contributed by atoms with Crippen molar-refractivity contribution in [2.24, 2.45) is 0 Å². The Kier molecular flexibility index (Phi) is 5.39. The van der Waals surface area contributed by atoms with E-state index in [2.05, 4.69) is 10.6 Å². The molecule has 2 amide bonds. The standard InChI is InChI=1S/C25H20N4O2S/c30-23(26-19-10-11-21-17(15-19)8-12-24(31)27-21)13-9-18-16-29(20-5-2-1-3-6-20)28-25(18)22-7-4-14-32-22/h1-7,9-11,13-16H,8,12H2,(H,26,30)(H,27,31)/b13-9+. The van der Waals surface area contributed by atoms with Gasteiger partial charge in [0.05, 0.1) is 10.6 Å². The minimum Gasteiger partial charge on any atom is -0.326 e.